The zero-order valence-corrected chi connectivity index (χ0v) is 21.9. The van der Waals surface area contributed by atoms with E-state index in [1.54, 1.807) is 17.0 Å². The lowest BCUT2D eigenvalue weighted by Crippen LogP contribution is -2.36. The molecule has 0 atom stereocenters. The number of hydrogen-bond acceptors (Lipinski definition) is 2. The molecular weight excluding hydrogens is 520 g/mol. The van der Waals surface area contributed by atoms with Crippen molar-refractivity contribution in [1.82, 2.24) is 4.90 Å². The molecule has 1 N–H and O–H groups in total. The van der Waals surface area contributed by atoms with Gasteiger partial charge in [0, 0.05) is 18.7 Å². The predicted molar refractivity (Wildman–Crippen MR) is 139 cm³/mol. The molecule has 9 heteroatoms. The molecule has 0 fully saturated rings. The number of hydrogen-bond donors (Lipinski definition) is 1. The second-order valence-electron chi connectivity index (χ2n) is 10.4. The number of carbonyl (C=O) groups excluding carboxylic acids is 2. The monoisotopic (exact) mass is 546 g/mol. The Morgan fingerprint density at radius 1 is 1.00 bits per heavy atom. The average molecular weight is 547 g/mol. The van der Waals surface area contributed by atoms with Crippen molar-refractivity contribution in [2.75, 3.05) is 11.9 Å². The molecule has 200 valence electrons. The Morgan fingerprint density at radius 2 is 1.68 bits per heavy atom. The van der Waals surface area contributed by atoms with E-state index in [1.165, 1.54) is 0 Å². The summed E-state index contributed by atoms with van der Waals surface area (Å²) in [5, 5.41) is 3.03. The van der Waals surface area contributed by atoms with Crippen molar-refractivity contribution in [3.63, 3.8) is 0 Å². The van der Waals surface area contributed by atoms with E-state index < -0.39 is 23.5 Å². The lowest BCUT2D eigenvalue weighted by Gasteiger charge is -2.31. The summed E-state index contributed by atoms with van der Waals surface area (Å²) in [7, 11) is 0. The quantitative estimate of drug-likeness (QED) is 0.353. The van der Waals surface area contributed by atoms with Crippen LogP contribution in [0.2, 0.25) is 5.02 Å². The van der Waals surface area contributed by atoms with Crippen molar-refractivity contribution in [2.24, 2.45) is 0 Å². The van der Waals surface area contributed by atoms with Gasteiger partial charge in [-0.05, 0) is 64.4 Å². The molecule has 0 spiro atoms. The van der Waals surface area contributed by atoms with E-state index in [0.717, 1.165) is 22.8 Å². The molecule has 0 aliphatic carbocycles. The maximum atomic E-state index is 13.9. The molecule has 1 aliphatic heterocycles. The summed E-state index contributed by atoms with van der Waals surface area (Å²) in [5.74, 6) is -2.08. The SMILES string of the molecule is CC(C)(C)c1ccc(C(=O)N2CCc3c(ccc(Cl)c3NC(=O)Cc3ccc(C(F)(F)F)c(F)c3)C2)cc1. The number of rotatable bonds is 4. The van der Waals surface area contributed by atoms with E-state index in [0.29, 0.717) is 47.9 Å². The first-order valence-corrected chi connectivity index (χ1v) is 12.5. The van der Waals surface area contributed by atoms with Gasteiger partial charge in [-0.25, -0.2) is 4.39 Å². The van der Waals surface area contributed by atoms with Crippen LogP contribution in [-0.4, -0.2) is 23.3 Å². The van der Waals surface area contributed by atoms with Crippen LogP contribution in [0, 0.1) is 5.82 Å². The second-order valence-corrected chi connectivity index (χ2v) is 10.8. The van der Waals surface area contributed by atoms with Gasteiger partial charge in [0.1, 0.15) is 5.82 Å². The minimum atomic E-state index is -4.81. The van der Waals surface area contributed by atoms with Crippen LogP contribution in [0.25, 0.3) is 0 Å². The number of carbonyl (C=O) groups is 2. The van der Waals surface area contributed by atoms with Gasteiger partial charge in [0.15, 0.2) is 0 Å². The Balaban J connectivity index is 1.47. The highest BCUT2D eigenvalue weighted by molar-refractivity contribution is 6.34. The summed E-state index contributed by atoms with van der Waals surface area (Å²) in [4.78, 5) is 27.6. The number of amides is 2. The minimum Gasteiger partial charge on any atom is -0.334 e. The minimum absolute atomic E-state index is 0.0214. The molecule has 3 aromatic rings. The van der Waals surface area contributed by atoms with Crippen molar-refractivity contribution in [1.29, 1.82) is 0 Å². The Bertz CT molecular complexity index is 1380. The third kappa shape index (κ3) is 6.01. The summed E-state index contributed by atoms with van der Waals surface area (Å²) in [5.41, 5.74) is 2.43. The largest absolute Gasteiger partial charge is 0.419 e. The van der Waals surface area contributed by atoms with Gasteiger partial charge in [-0.1, -0.05) is 56.6 Å². The molecule has 0 bridgehead atoms. The van der Waals surface area contributed by atoms with Crippen molar-refractivity contribution < 1.29 is 27.2 Å². The van der Waals surface area contributed by atoms with Crippen LogP contribution in [0.1, 0.15) is 58.9 Å². The number of nitrogens with one attached hydrogen (secondary N) is 1. The van der Waals surface area contributed by atoms with E-state index >= 15 is 0 Å². The maximum Gasteiger partial charge on any atom is 0.419 e. The Kier molecular flexibility index (Phi) is 7.57. The summed E-state index contributed by atoms with van der Waals surface area (Å²) in [6.07, 6.45) is -4.69. The molecule has 2 amide bonds. The van der Waals surface area contributed by atoms with E-state index in [1.807, 2.05) is 24.3 Å². The number of alkyl halides is 3. The topological polar surface area (TPSA) is 49.4 Å². The fraction of sp³-hybridized carbons (Fsp3) is 0.310. The smallest absolute Gasteiger partial charge is 0.334 e. The lowest BCUT2D eigenvalue weighted by molar-refractivity contribution is -0.140. The zero-order chi connectivity index (χ0) is 27.8. The molecule has 38 heavy (non-hydrogen) atoms. The lowest BCUT2D eigenvalue weighted by atomic mass is 9.86. The van der Waals surface area contributed by atoms with Gasteiger partial charge >= 0.3 is 6.18 Å². The van der Waals surface area contributed by atoms with Crippen molar-refractivity contribution >= 4 is 29.1 Å². The molecule has 0 unspecified atom stereocenters. The summed E-state index contributed by atoms with van der Waals surface area (Å²) < 4.78 is 52.3. The highest BCUT2D eigenvalue weighted by atomic mass is 35.5. The van der Waals surface area contributed by atoms with Crippen LogP contribution >= 0.6 is 11.6 Å². The number of halogens is 5. The third-order valence-corrected chi connectivity index (χ3v) is 6.92. The summed E-state index contributed by atoms with van der Waals surface area (Å²) >= 11 is 6.37. The maximum absolute atomic E-state index is 13.9. The molecule has 4 rings (SSSR count). The molecule has 1 aliphatic rings. The van der Waals surface area contributed by atoms with E-state index in [4.69, 9.17) is 11.6 Å². The first-order chi connectivity index (χ1) is 17.7. The highest BCUT2D eigenvalue weighted by Crippen LogP contribution is 2.34. The second kappa shape index (κ2) is 10.4. The van der Waals surface area contributed by atoms with Crippen molar-refractivity contribution in [2.45, 2.75) is 51.7 Å². The molecular formula is C29H27ClF4N2O2. The molecule has 0 radical (unpaired) electrons. The fourth-order valence-corrected chi connectivity index (χ4v) is 4.72. The molecule has 1 heterocycles. The van der Waals surface area contributed by atoms with Gasteiger partial charge in [-0.3, -0.25) is 9.59 Å². The van der Waals surface area contributed by atoms with Crippen LogP contribution in [0.4, 0.5) is 23.2 Å². The van der Waals surface area contributed by atoms with Gasteiger partial charge in [0.2, 0.25) is 5.91 Å². The van der Waals surface area contributed by atoms with Crippen molar-refractivity contribution in [3.05, 3.63) is 98.8 Å². The Labute approximate surface area is 223 Å². The van der Waals surface area contributed by atoms with Gasteiger partial charge in [-0.2, -0.15) is 13.2 Å². The van der Waals surface area contributed by atoms with E-state index in [9.17, 15) is 27.2 Å². The molecule has 0 saturated carbocycles. The van der Waals surface area contributed by atoms with Crippen LogP contribution < -0.4 is 5.32 Å². The third-order valence-electron chi connectivity index (χ3n) is 6.61. The molecule has 4 nitrogen and oxygen atoms in total. The summed E-state index contributed by atoms with van der Waals surface area (Å²) in [6.45, 7) is 7.07. The fourth-order valence-electron chi connectivity index (χ4n) is 4.50. The Morgan fingerprint density at radius 3 is 2.29 bits per heavy atom. The average Bonchev–Trinajstić information content (AvgIpc) is 2.84. The number of nitrogens with zero attached hydrogens (tertiary/aromatic N) is 1. The molecule has 0 saturated heterocycles. The number of benzene rings is 3. The first kappa shape index (κ1) is 27.6. The van der Waals surface area contributed by atoms with E-state index in [2.05, 4.69) is 26.1 Å². The number of fused-ring (bicyclic) bond motifs is 1. The highest BCUT2D eigenvalue weighted by Gasteiger charge is 2.34. The number of anilines is 1. The van der Waals surface area contributed by atoms with Crippen LogP contribution in [-0.2, 0) is 35.8 Å². The first-order valence-electron chi connectivity index (χ1n) is 12.1. The normalized spacial score (nSPS) is 13.7. The zero-order valence-electron chi connectivity index (χ0n) is 21.2. The van der Waals surface area contributed by atoms with Gasteiger partial charge < -0.3 is 10.2 Å². The van der Waals surface area contributed by atoms with Crippen LogP contribution in [0.15, 0.2) is 54.6 Å². The van der Waals surface area contributed by atoms with Crippen LogP contribution in [0.3, 0.4) is 0 Å². The molecule has 3 aromatic carbocycles. The van der Waals surface area contributed by atoms with Gasteiger partial charge in [0.25, 0.3) is 5.91 Å². The Hall–Kier alpha value is -3.39. The van der Waals surface area contributed by atoms with E-state index in [-0.39, 0.29) is 23.3 Å². The van der Waals surface area contributed by atoms with Crippen molar-refractivity contribution in [3.8, 4) is 0 Å². The van der Waals surface area contributed by atoms with Gasteiger partial charge in [-0.15, -0.1) is 0 Å². The summed E-state index contributed by atoms with van der Waals surface area (Å²) in [6, 6.07) is 13.4. The van der Waals surface area contributed by atoms with Gasteiger partial charge in [0.05, 0.1) is 22.7 Å². The predicted octanol–water partition coefficient (Wildman–Crippen LogP) is 7.18. The standard InChI is InChI=1S/C29H27ClF4N2O2/c1-28(2,3)20-8-5-18(6-9-20)27(38)36-13-12-21-19(16-36)7-11-23(30)26(21)35-25(37)15-17-4-10-22(24(31)14-17)29(32,33)34/h4-11,14H,12-13,15-16H2,1-3H3,(H,35,37). The molecule has 0 aromatic heterocycles. The van der Waals surface area contributed by atoms with Crippen LogP contribution in [0.5, 0.6) is 0 Å².